The third kappa shape index (κ3) is 4.33. The summed E-state index contributed by atoms with van der Waals surface area (Å²) in [6.07, 6.45) is 1.18. The molecule has 2 aromatic rings. The molecule has 1 amide bonds. The van der Waals surface area contributed by atoms with E-state index in [1.807, 2.05) is 0 Å². The summed E-state index contributed by atoms with van der Waals surface area (Å²) in [5, 5.41) is 0.787. The van der Waals surface area contributed by atoms with Crippen molar-refractivity contribution >= 4 is 54.6 Å². The molecule has 0 aliphatic rings. The van der Waals surface area contributed by atoms with Crippen LogP contribution >= 0.6 is 22.9 Å². The minimum atomic E-state index is -3.38. The molecule has 0 aliphatic carbocycles. The van der Waals surface area contributed by atoms with E-state index < -0.39 is 15.9 Å². The maximum atomic E-state index is 11.9. The molecule has 0 bridgehead atoms. The van der Waals surface area contributed by atoms with E-state index in [1.54, 1.807) is 24.3 Å². The smallest absolute Gasteiger partial charge is 0.258 e. The van der Waals surface area contributed by atoms with Gasteiger partial charge in [0.15, 0.2) is 0 Å². The molecular weight excluding hydrogens is 332 g/mol. The molecule has 8 heteroatoms. The van der Waals surface area contributed by atoms with Gasteiger partial charge in [0.2, 0.25) is 10.0 Å². The number of nitrogens with one attached hydrogen (secondary N) is 1. The molecule has 0 fully saturated rings. The van der Waals surface area contributed by atoms with Crippen molar-refractivity contribution < 1.29 is 13.2 Å². The summed E-state index contributed by atoms with van der Waals surface area (Å²) in [6, 6.07) is 6.79. The molecule has 1 heterocycles. The van der Waals surface area contributed by atoms with Crippen LogP contribution in [0.2, 0.25) is 0 Å². The van der Waals surface area contributed by atoms with Gasteiger partial charge >= 0.3 is 0 Å². The Hall–Kier alpha value is -1.31. The Morgan fingerprint density at radius 3 is 2.71 bits per heavy atom. The predicted molar refractivity (Wildman–Crippen MR) is 87.7 cm³/mol. The quantitative estimate of drug-likeness (QED) is 0.596. The van der Waals surface area contributed by atoms with Crippen LogP contribution in [0, 0.1) is 0 Å². The van der Waals surface area contributed by atoms with Crippen molar-refractivity contribution in [3.05, 3.63) is 29.1 Å². The topological polar surface area (TPSA) is 89.3 Å². The Balaban J connectivity index is 2.17. The Bertz CT molecular complexity index is 756. The molecule has 0 saturated carbocycles. The second-order valence-corrected chi connectivity index (χ2v) is 7.85. The number of sulfonamides is 1. The molecule has 0 radical (unpaired) electrons. The molecule has 0 unspecified atom stereocenters. The van der Waals surface area contributed by atoms with E-state index >= 15 is 0 Å². The van der Waals surface area contributed by atoms with Crippen molar-refractivity contribution in [2.45, 2.75) is 12.8 Å². The number of hydrogen-bond donors (Lipinski definition) is 2. The average molecular weight is 347 g/mol. The largest absolute Gasteiger partial charge is 0.365 e. The van der Waals surface area contributed by atoms with Crippen molar-refractivity contribution in [2.75, 3.05) is 16.4 Å². The number of anilines is 1. The highest BCUT2D eigenvalue weighted by molar-refractivity contribution is 7.92. The van der Waals surface area contributed by atoms with Gasteiger partial charge in [0.25, 0.3) is 5.91 Å². The molecule has 0 saturated heterocycles. The van der Waals surface area contributed by atoms with Gasteiger partial charge in [-0.15, -0.1) is 22.9 Å². The Kier molecular flexibility index (Phi) is 5.08. The number of amides is 1. The summed E-state index contributed by atoms with van der Waals surface area (Å²) in [7, 11) is -3.38. The Morgan fingerprint density at radius 1 is 1.29 bits per heavy atom. The molecule has 2 rings (SSSR count). The molecule has 1 aromatic heterocycles. The van der Waals surface area contributed by atoms with Crippen molar-refractivity contribution in [3.8, 4) is 0 Å². The number of carbonyl (C=O) groups excluding carboxylic acids is 1. The molecular formula is C13H15ClN2O3S2. The normalized spacial score (nSPS) is 11.7. The van der Waals surface area contributed by atoms with Gasteiger partial charge in [0, 0.05) is 16.3 Å². The SMILES string of the molecule is NC(=O)c1cc2cc(NS(=O)(=O)CCCCCl)ccc2s1. The van der Waals surface area contributed by atoms with Crippen molar-refractivity contribution in [2.24, 2.45) is 5.73 Å². The maximum absolute atomic E-state index is 11.9. The summed E-state index contributed by atoms with van der Waals surface area (Å²) < 4.78 is 27.2. The number of benzene rings is 1. The van der Waals surface area contributed by atoms with E-state index in [2.05, 4.69) is 4.72 Å². The van der Waals surface area contributed by atoms with Crippen LogP contribution in [0.3, 0.4) is 0 Å². The van der Waals surface area contributed by atoms with Gasteiger partial charge < -0.3 is 5.73 Å². The lowest BCUT2D eigenvalue weighted by Crippen LogP contribution is -2.16. The summed E-state index contributed by atoms with van der Waals surface area (Å²) in [5.41, 5.74) is 5.71. The number of primary amides is 1. The zero-order valence-corrected chi connectivity index (χ0v) is 13.5. The van der Waals surface area contributed by atoms with Gasteiger partial charge in [-0.1, -0.05) is 0 Å². The monoisotopic (exact) mass is 346 g/mol. The number of halogens is 1. The second kappa shape index (κ2) is 6.64. The van der Waals surface area contributed by atoms with Crippen LogP contribution < -0.4 is 10.5 Å². The lowest BCUT2D eigenvalue weighted by Gasteiger charge is -2.07. The van der Waals surface area contributed by atoms with Gasteiger partial charge in [-0.2, -0.15) is 0 Å². The van der Waals surface area contributed by atoms with Crippen LogP contribution in [0.5, 0.6) is 0 Å². The number of unbranched alkanes of at least 4 members (excludes halogenated alkanes) is 1. The van der Waals surface area contributed by atoms with Crippen molar-refractivity contribution in [3.63, 3.8) is 0 Å². The van der Waals surface area contributed by atoms with Crippen molar-refractivity contribution in [1.82, 2.24) is 0 Å². The fourth-order valence-electron chi connectivity index (χ4n) is 1.85. The lowest BCUT2D eigenvalue weighted by molar-refractivity contribution is 0.100. The number of thiophene rings is 1. The number of nitrogens with two attached hydrogens (primary N) is 1. The summed E-state index contributed by atoms with van der Waals surface area (Å²) >= 11 is 6.81. The van der Waals surface area contributed by atoms with Crippen LogP contribution in [0.1, 0.15) is 22.5 Å². The third-order valence-electron chi connectivity index (χ3n) is 2.83. The molecule has 5 nitrogen and oxygen atoms in total. The highest BCUT2D eigenvalue weighted by Gasteiger charge is 2.12. The fourth-order valence-corrected chi connectivity index (χ4v) is 4.10. The van der Waals surface area contributed by atoms with Gasteiger partial charge in [-0.25, -0.2) is 8.42 Å². The summed E-state index contributed by atoms with van der Waals surface area (Å²) in [5.74, 6) is -0.000345. The fraction of sp³-hybridized carbons (Fsp3) is 0.308. The molecule has 0 atom stereocenters. The van der Waals surface area contributed by atoms with E-state index in [1.165, 1.54) is 11.3 Å². The number of rotatable bonds is 7. The van der Waals surface area contributed by atoms with Crippen LogP contribution in [0.25, 0.3) is 10.1 Å². The van der Waals surface area contributed by atoms with E-state index in [0.29, 0.717) is 29.3 Å². The first-order valence-electron chi connectivity index (χ1n) is 6.31. The zero-order chi connectivity index (χ0) is 15.5. The first kappa shape index (κ1) is 16.1. The zero-order valence-electron chi connectivity index (χ0n) is 11.1. The van der Waals surface area contributed by atoms with E-state index in [-0.39, 0.29) is 5.75 Å². The first-order chi connectivity index (χ1) is 9.91. The molecule has 21 heavy (non-hydrogen) atoms. The standard InChI is InChI=1S/C13H15ClN2O3S2/c14-5-1-2-6-21(18,19)16-10-3-4-11-9(7-10)8-12(20-11)13(15)17/h3-4,7-8,16H,1-2,5-6H2,(H2,15,17). The highest BCUT2D eigenvalue weighted by atomic mass is 35.5. The first-order valence-corrected chi connectivity index (χ1v) is 9.31. The van der Waals surface area contributed by atoms with E-state index in [9.17, 15) is 13.2 Å². The maximum Gasteiger partial charge on any atom is 0.258 e. The van der Waals surface area contributed by atoms with Crippen LogP contribution in [0.4, 0.5) is 5.69 Å². The third-order valence-corrected chi connectivity index (χ3v) is 5.60. The minimum absolute atomic E-state index is 0.0356. The Morgan fingerprint density at radius 2 is 2.05 bits per heavy atom. The molecule has 0 aliphatic heterocycles. The van der Waals surface area contributed by atoms with E-state index in [4.69, 9.17) is 17.3 Å². The molecule has 3 N–H and O–H groups in total. The predicted octanol–water partition coefficient (Wildman–Crippen LogP) is 2.76. The van der Waals surface area contributed by atoms with Gasteiger partial charge in [-0.05, 0) is 42.5 Å². The van der Waals surface area contributed by atoms with Crippen LogP contribution in [0.15, 0.2) is 24.3 Å². The molecule has 0 spiro atoms. The lowest BCUT2D eigenvalue weighted by atomic mass is 10.2. The molecule has 114 valence electrons. The summed E-state index contributed by atoms with van der Waals surface area (Å²) in [4.78, 5) is 11.6. The number of carbonyl (C=O) groups is 1. The summed E-state index contributed by atoms with van der Waals surface area (Å²) in [6.45, 7) is 0. The molecule has 1 aromatic carbocycles. The number of fused-ring (bicyclic) bond motifs is 1. The number of hydrogen-bond acceptors (Lipinski definition) is 4. The Labute approximate surface area is 132 Å². The van der Waals surface area contributed by atoms with Gasteiger partial charge in [0.1, 0.15) is 0 Å². The average Bonchev–Trinajstić information content (AvgIpc) is 2.81. The highest BCUT2D eigenvalue weighted by Crippen LogP contribution is 2.28. The minimum Gasteiger partial charge on any atom is -0.365 e. The van der Waals surface area contributed by atoms with Crippen LogP contribution in [-0.2, 0) is 10.0 Å². The van der Waals surface area contributed by atoms with Gasteiger partial charge in [-0.3, -0.25) is 9.52 Å². The van der Waals surface area contributed by atoms with Gasteiger partial charge in [0.05, 0.1) is 10.6 Å². The van der Waals surface area contributed by atoms with Crippen LogP contribution in [-0.4, -0.2) is 26.0 Å². The second-order valence-electron chi connectivity index (χ2n) is 4.54. The van der Waals surface area contributed by atoms with E-state index in [0.717, 1.165) is 10.1 Å². The van der Waals surface area contributed by atoms with Crippen molar-refractivity contribution in [1.29, 1.82) is 0 Å². The number of alkyl halides is 1.